The van der Waals surface area contributed by atoms with E-state index in [1.807, 2.05) is 49.4 Å². The van der Waals surface area contributed by atoms with Crippen molar-refractivity contribution in [3.8, 4) is 11.3 Å². The smallest absolute Gasteiger partial charge is 0.225 e. The number of nitrogens with one attached hydrogen (secondary N) is 2. The number of aryl methyl sites for hydroxylation is 2. The number of aromatic nitrogens is 3. The Kier molecular flexibility index (Phi) is 6.23. The van der Waals surface area contributed by atoms with Gasteiger partial charge in [0, 0.05) is 10.4 Å². The van der Waals surface area contributed by atoms with E-state index in [1.54, 1.807) is 11.3 Å². The number of fused-ring (bicyclic) bond motifs is 1. The summed E-state index contributed by atoms with van der Waals surface area (Å²) in [5.41, 5.74) is 6.12. The number of hydrogen-bond donors (Lipinski definition) is 2. The monoisotopic (exact) mass is 466 g/mol. The van der Waals surface area contributed by atoms with E-state index in [-0.39, 0.29) is 18.4 Å². The first-order valence-corrected chi connectivity index (χ1v) is 12.2. The predicted molar refractivity (Wildman–Crippen MR) is 138 cm³/mol. The van der Waals surface area contributed by atoms with Crippen LogP contribution in [0.25, 0.3) is 22.3 Å². The normalized spacial score (nSPS) is 12.1. The van der Waals surface area contributed by atoms with Crippen LogP contribution in [0.5, 0.6) is 0 Å². The second-order valence-electron chi connectivity index (χ2n) is 8.50. The minimum absolute atomic E-state index is 0.0431. The van der Waals surface area contributed by atoms with Gasteiger partial charge in [0.05, 0.1) is 34.2 Å². The molecule has 0 fully saturated rings. The maximum absolute atomic E-state index is 13.3. The highest BCUT2D eigenvalue weighted by Gasteiger charge is 2.21. The van der Waals surface area contributed by atoms with E-state index in [9.17, 15) is 4.79 Å². The number of thiazole rings is 1. The first-order valence-electron chi connectivity index (χ1n) is 11.4. The SMILES string of the molecule is Cc1ccc(-c2nc(C)sc2CC(=O)N[C@@H](Cc2ccccc2)c2nc3ccccc3[nH]2)cc1. The van der Waals surface area contributed by atoms with Crippen molar-refractivity contribution in [3.63, 3.8) is 0 Å². The van der Waals surface area contributed by atoms with Crippen LogP contribution >= 0.6 is 11.3 Å². The van der Waals surface area contributed by atoms with Gasteiger partial charge in [-0.3, -0.25) is 4.79 Å². The van der Waals surface area contributed by atoms with Crippen LogP contribution in [-0.2, 0) is 17.6 Å². The van der Waals surface area contributed by atoms with Crippen LogP contribution in [0.15, 0.2) is 78.9 Å². The van der Waals surface area contributed by atoms with Crippen molar-refractivity contribution in [3.05, 3.63) is 106 Å². The van der Waals surface area contributed by atoms with Crippen molar-refractivity contribution >= 4 is 28.3 Å². The number of aromatic amines is 1. The Morgan fingerprint density at radius 1 is 0.941 bits per heavy atom. The molecule has 0 aliphatic heterocycles. The number of imidazole rings is 1. The molecule has 0 aliphatic rings. The predicted octanol–water partition coefficient (Wildman–Crippen LogP) is 5.95. The molecule has 6 heteroatoms. The number of hydrogen-bond acceptors (Lipinski definition) is 4. The van der Waals surface area contributed by atoms with Crippen LogP contribution in [0, 0.1) is 13.8 Å². The Labute approximate surface area is 202 Å². The largest absolute Gasteiger partial charge is 0.345 e. The Bertz CT molecular complexity index is 1390. The van der Waals surface area contributed by atoms with Crippen LogP contribution in [-0.4, -0.2) is 20.9 Å². The highest BCUT2D eigenvalue weighted by Crippen LogP contribution is 2.29. The molecule has 2 heterocycles. The number of nitrogens with zero attached hydrogens (tertiary/aromatic N) is 2. The number of para-hydroxylation sites is 2. The van der Waals surface area contributed by atoms with Crippen molar-refractivity contribution in [1.29, 1.82) is 0 Å². The Morgan fingerprint density at radius 2 is 1.68 bits per heavy atom. The summed E-state index contributed by atoms with van der Waals surface area (Å²) in [4.78, 5) is 27.1. The molecular formula is C28H26N4OS. The van der Waals surface area contributed by atoms with Crippen LogP contribution in [0.1, 0.15) is 32.9 Å². The van der Waals surface area contributed by atoms with Gasteiger partial charge in [-0.15, -0.1) is 11.3 Å². The molecule has 0 saturated carbocycles. The van der Waals surface area contributed by atoms with E-state index in [4.69, 9.17) is 9.97 Å². The van der Waals surface area contributed by atoms with E-state index in [2.05, 4.69) is 53.6 Å². The number of H-pyrrole nitrogens is 1. The maximum Gasteiger partial charge on any atom is 0.225 e. The van der Waals surface area contributed by atoms with E-state index in [1.165, 1.54) is 5.56 Å². The fourth-order valence-electron chi connectivity index (χ4n) is 4.12. The molecule has 3 aromatic carbocycles. The van der Waals surface area contributed by atoms with Crippen LogP contribution in [0.2, 0.25) is 0 Å². The van der Waals surface area contributed by atoms with Gasteiger partial charge in [0.15, 0.2) is 0 Å². The molecule has 1 atom stereocenters. The molecule has 2 N–H and O–H groups in total. The molecule has 5 nitrogen and oxygen atoms in total. The van der Waals surface area contributed by atoms with Crippen molar-refractivity contribution in [2.75, 3.05) is 0 Å². The standard InChI is InChI=1S/C28H26N4OS/c1-18-12-14-21(15-13-18)27-25(34-19(2)29-27)17-26(33)30-24(16-20-8-4-3-5-9-20)28-31-22-10-6-7-11-23(22)32-28/h3-15,24H,16-17H2,1-2H3,(H,30,33)(H,31,32)/t24-/m0/s1. The van der Waals surface area contributed by atoms with Gasteiger partial charge in [-0.05, 0) is 38.0 Å². The summed E-state index contributed by atoms with van der Waals surface area (Å²) in [6, 6.07) is 26.1. The minimum Gasteiger partial charge on any atom is -0.345 e. The van der Waals surface area contributed by atoms with Crippen molar-refractivity contribution < 1.29 is 4.79 Å². The fraction of sp³-hybridized carbons (Fsp3) is 0.179. The summed E-state index contributed by atoms with van der Waals surface area (Å²) >= 11 is 1.58. The first kappa shape index (κ1) is 22.0. The summed E-state index contributed by atoms with van der Waals surface area (Å²) in [7, 11) is 0. The quantitative estimate of drug-likeness (QED) is 0.312. The third-order valence-electron chi connectivity index (χ3n) is 5.81. The van der Waals surface area contributed by atoms with E-state index >= 15 is 0 Å². The topological polar surface area (TPSA) is 70.7 Å². The lowest BCUT2D eigenvalue weighted by molar-refractivity contribution is -0.121. The summed E-state index contributed by atoms with van der Waals surface area (Å²) in [5.74, 6) is 0.719. The number of rotatable bonds is 7. The average molecular weight is 467 g/mol. The lowest BCUT2D eigenvalue weighted by Crippen LogP contribution is -2.31. The Balaban J connectivity index is 1.40. The van der Waals surface area contributed by atoms with Crippen LogP contribution in [0.4, 0.5) is 0 Å². The van der Waals surface area contributed by atoms with Gasteiger partial charge >= 0.3 is 0 Å². The molecule has 2 aromatic heterocycles. The van der Waals surface area contributed by atoms with Gasteiger partial charge in [-0.2, -0.15) is 0 Å². The molecule has 0 spiro atoms. The molecule has 0 saturated heterocycles. The molecule has 0 bridgehead atoms. The molecule has 5 aromatic rings. The minimum atomic E-state index is -0.265. The van der Waals surface area contributed by atoms with Crippen LogP contribution in [0.3, 0.4) is 0 Å². The summed E-state index contributed by atoms with van der Waals surface area (Å²) in [6.45, 7) is 4.05. The first-order chi connectivity index (χ1) is 16.5. The van der Waals surface area contributed by atoms with Crippen molar-refractivity contribution in [1.82, 2.24) is 20.3 Å². The number of carbonyl (C=O) groups is 1. The Hall–Kier alpha value is -3.77. The van der Waals surface area contributed by atoms with Gasteiger partial charge in [-0.1, -0.05) is 72.3 Å². The zero-order chi connectivity index (χ0) is 23.5. The fourth-order valence-corrected chi connectivity index (χ4v) is 5.08. The third kappa shape index (κ3) is 4.92. The van der Waals surface area contributed by atoms with Crippen molar-refractivity contribution in [2.24, 2.45) is 0 Å². The van der Waals surface area contributed by atoms with Gasteiger partial charge in [0.25, 0.3) is 0 Å². The summed E-state index contributed by atoms with van der Waals surface area (Å²) < 4.78 is 0. The lowest BCUT2D eigenvalue weighted by atomic mass is 10.0. The van der Waals surface area contributed by atoms with E-state index in [0.29, 0.717) is 6.42 Å². The second-order valence-corrected chi connectivity index (χ2v) is 9.78. The van der Waals surface area contributed by atoms with Crippen LogP contribution < -0.4 is 5.32 Å². The summed E-state index contributed by atoms with van der Waals surface area (Å²) in [6.07, 6.45) is 0.930. The number of benzene rings is 3. The molecule has 0 aliphatic carbocycles. The van der Waals surface area contributed by atoms with E-state index in [0.717, 1.165) is 43.6 Å². The average Bonchev–Trinajstić information content (AvgIpc) is 3.43. The zero-order valence-electron chi connectivity index (χ0n) is 19.2. The van der Waals surface area contributed by atoms with Gasteiger partial charge in [0.2, 0.25) is 5.91 Å². The second kappa shape index (κ2) is 9.61. The van der Waals surface area contributed by atoms with Gasteiger partial charge in [-0.25, -0.2) is 9.97 Å². The highest BCUT2D eigenvalue weighted by atomic mass is 32.1. The number of carbonyl (C=O) groups excluding carboxylic acids is 1. The highest BCUT2D eigenvalue weighted by molar-refractivity contribution is 7.12. The molecule has 0 radical (unpaired) electrons. The van der Waals surface area contributed by atoms with Gasteiger partial charge in [0.1, 0.15) is 5.82 Å². The number of amides is 1. The molecule has 34 heavy (non-hydrogen) atoms. The van der Waals surface area contributed by atoms with Gasteiger partial charge < -0.3 is 10.3 Å². The molecular weight excluding hydrogens is 440 g/mol. The Morgan fingerprint density at radius 3 is 2.44 bits per heavy atom. The van der Waals surface area contributed by atoms with Crippen molar-refractivity contribution in [2.45, 2.75) is 32.7 Å². The third-order valence-corrected chi connectivity index (χ3v) is 6.78. The van der Waals surface area contributed by atoms with E-state index < -0.39 is 0 Å². The zero-order valence-corrected chi connectivity index (χ0v) is 20.0. The molecule has 5 rings (SSSR count). The summed E-state index contributed by atoms with van der Waals surface area (Å²) in [5, 5.41) is 4.19. The lowest BCUT2D eigenvalue weighted by Gasteiger charge is -2.17. The molecule has 170 valence electrons. The molecule has 0 unspecified atom stereocenters. The molecule has 1 amide bonds. The maximum atomic E-state index is 13.3.